The summed E-state index contributed by atoms with van der Waals surface area (Å²) in [5.41, 5.74) is 1.01. The predicted octanol–water partition coefficient (Wildman–Crippen LogP) is 2.46. The van der Waals surface area contributed by atoms with Gasteiger partial charge in [0.2, 0.25) is 5.91 Å². The number of aromatic nitrogens is 1. The van der Waals surface area contributed by atoms with Crippen LogP contribution in [0, 0.1) is 11.3 Å². The quantitative estimate of drug-likeness (QED) is 0.869. The van der Waals surface area contributed by atoms with E-state index in [1.165, 1.54) is 0 Å². The first kappa shape index (κ1) is 16.3. The maximum Gasteiger partial charge on any atom is 0.245 e. The van der Waals surface area contributed by atoms with E-state index in [4.69, 9.17) is 0 Å². The molecular formula is C19H22N4O. The smallest absolute Gasteiger partial charge is 0.245 e. The molecule has 0 saturated carbocycles. The van der Waals surface area contributed by atoms with Crippen molar-refractivity contribution in [1.29, 1.82) is 5.26 Å². The number of hydrogen-bond acceptors (Lipinski definition) is 3. The second kappa shape index (κ2) is 7.33. The minimum atomic E-state index is -0.245. The largest absolute Gasteiger partial charge is 0.342 e. The second-order valence-electron chi connectivity index (χ2n) is 6.11. The Morgan fingerprint density at radius 2 is 1.67 bits per heavy atom. The molecular weight excluding hydrogens is 300 g/mol. The number of carbonyl (C=O) groups excluding carboxylic acids is 1. The first-order chi connectivity index (χ1) is 11.7. The molecule has 0 spiro atoms. The first-order valence-corrected chi connectivity index (χ1v) is 8.30. The van der Waals surface area contributed by atoms with E-state index in [1.54, 1.807) is 0 Å². The minimum absolute atomic E-state index is 0.138. The van der Waals surface area contributed by atoms with Crippen molar-refractivity contribution in [1.82, 2.24) is 14.4 Å². The summed E-state index contributed by atoms with van der Waals surface area (Å²) in [5.74, 6) is 0.138. The molecule has 1 amide bonds. The molecule has 5 heteroatoms. The number of hydrogen-bond donors (Lipinski definition) is 0. The van der Waals surface area contributed by atoms with E-state index >= 15 is 0 Å². The fourth-order valence-corrected chi connectivity index (χ4v) is 3.20. The molecule has 1 aliphatic heterocycles. The molecule has 1 aliphatic rings. The molecule has 1 saturated heterocycles. The number of amides is 1. The van der Waals surface area contributed by atoms with Gasteiger partial charge in [-0.15, -0.1) is 0 Å². The Labute approximate surface area is 142 Å². The van der Waals surface area contributed by atoms with E-state index in [-0.39, 0.29) is 18.0 Å². The van der Waals surface area contributed by atoms with Gasteiger partial charge in [-0.3, -0.25) is 9.69 Å². The number of nitriles is 1. The van der Waals surface area contributed by atoms with Gasteiger partial charge in [0.25, 0.3) is 0 Å². The van der Waals surface area contributed by atoms with Gasteiger partial charge in [0, 0.05) is 38.6 Å². The van der Waals surface area contributed by atoms with Crippen molar-refractivity contribution in [2.75, 3.05) is 26.2 Å². The lowest BCUT2D eigenvalue weighted by Gasteiger charge is -2.38. The third-order valence-electron chi connectivity index (χ3n) is 4.66. The number of piperazine rings is 1. The average molecular weight is 322 g/mol. The topological polar surface area (TPSA) is 52.3 Å². The van der Waals surface area contributed by atoms with Crippen molar-refractivity contribution in [3.63, 3.8) is 0 Å². The lowest BCUT2D eigenvalue weighted by molar-refractivity contribution is -0.136. The van der Waals surface area contributed by atoms with Crippen molar-refractivity contribution in [2.45, 2.75) is 19.0 Å². The number of carbonyl (C=O) groups is 1. The van der Waals surface area contributed by atoms with Gasteiger partial charge in [-0.25, -0.2) is 0 Å². The standard InChI is InChI=1S/C19H22N4O/c1-16(21-9-5-6-10-21)19(24)23-13-11-22(12-14-23)18(15-20)17-7-3-2-4-8-17/h2-10,16,18H,11-14H2,1H3/t16-,18-/m0/s1. The van der Waals surface area contributed by atoms with Crippen LogP contribution in [0.3, 0.4) is 0 Å². The number of nitrogens with zero attached hydrogens (tertiary/aromatic N) is 4. The van der Waals surface area contributed by atoms with Crippen LogP contribution in [-0.2, 0) is 4.79 Å². The third kappa shape index (κ3) is 3.34. The van der Waals surface area contributed by atoms with E-state index in [0.29, 0.717) is 13.1 Å². The van der Waals surface area contributed by atoms with Gasteiger partial charge in [0.1, 0.15) is 12.1 Å². The molecule has 2 heterocycles. The second-order valence-corrected chi connectivity index (χ2v) is 6.11. The van der Waals surface area contributed by atoms with Crippen LogP contribution < -0.4 is 0 Å². The van der Waals surface area contributed by atoms with Crippen molar-refractivity contribution < 1.29 is 4.79 Å². The molecule has 0 bridgehead atoms. The molecule has 0 unspecified atom stereocenters. The molecule has 0 N–H and O–H groups in total. The third-order valence-corrected chi connectivity index (χ3v) is 4.66. The van der Waals surface area contributed by atoms with E-state index < -0.39 is 0 Å². The highest BCUT2D eigenvalue weighted by molar-refractivity contribution is 5.80. The minimum Gasteiger partial charge on any atom is -0.342 e. The fourth-order valence-electron chi connectivity index (χ4n) is 3.20. The van der Waals surface area contributed by atoms with Gasteiger partial charge in [0.15, 0.2) is 0 Å². The van der Waals surface area contributed by atoms with Gasteiger partial charge in [-0.05, 0) is 24.6 Å². The molecule has 3 rings (SSSR count). The monoisotopic (exact) mass is 322 g/mol. The summed E-state index contributed by atoms with van der Waals surface area (Å²) < 4.78 is 1.93. The first-order valence-electron chi connectivity index (χ1n) is 8.30. The molecule has 5 nitrogen and oxygen atoms in total. The Morgan fingerprint density at radius 1 is 1.04 bits per heavy atom. The van der Waals surface area contributed by atoms with E-state index in [1.807, 2.05) is 71.2 Å². The van der Waals surface area contributed by atoms with Crippen LogP contribution in [-0.4, -0.2) is 46.5 Å². The fraction of sp³-hybridized carbons (Fsp3) is 0.368. The SMILES string of the molecule is C[C@@H](C(=O)N1CCN([C@@H](C#N)c2ccccc2)CC1)n1cccc1. The van der Waals surface area contributed by atoms with Crippen molar-refractivity contribution in [2.24, 2.45) is 0 Å². The normalized spacial score (nSPS) is 17.9. The maximum atomic E-state index is 12.6. The summed E-state index contributed by atoms with van der Waals surface area (Å²) in [6, 6.07) is 15.7. The van der Waals surface area contributed by atoms with E-state index in [2.05, 4.69) is 11.0 Å². The summed E-state index contributed by atoms with van der Waals surface area (Å²) >= 11 is 0. The van der Waals surface area contributed by atoms with Crippen LogP contribution in [0.15, 0.2) is 54.9 Å². The van der Waals surface area contributed by atoms with Gasteiger partial charge < -0.3 is 9.47 Å². The lowest BCUT2D eigenvalue weighted by Crippen LogP contribution is -2.50. The predicted molar refractivity (Wildman–Crippen MR) is 92.1 cm³/mol. The molecule has 1 aromatic carbocycles. The van der Waals surface area contributed by atoms with Gasteiger partial charge in [-0.1, -0.05) is 30.3 Å². The highest BCUT2D eigenvalue weighted by Gasteiger charge is 2.29. The molecule has 2 atom stereocenters. The van der Waals surface area contributed by atoms with Crippen LogP contribution in [0.1, 0.15) is 24.6 Å². The highest BCUT2D eigenvalue weighted by atomic mass is 16.2. The Balaban J connectivity index is 1.61. The maximum absolute atomic E-state index is 12.6. The molecule has 124 valence electrons. The molecule has 1 fully saturated rings. The lowest BCUT2D eigenvalue weighted by atomic mass is 10.1. The molecule has 0 radical (unpaired) electrons. The molecule has 1 aromatic heterocycles. The zero-order chi connectivity index (χ0) is 16.9. The Hall–Kier alpha value is -2.58. The number of rotatable bonds is 4. The molecule has 2 aromatic rings. The van der Waals surface area contributed by atoms with Crippen LogP contribution in [0.25, 0.3) is 0 Å². The van der Waals surface area contributed by atoms with Crippen LogP contribution in [0.4, 0.5) is 0 Å². The molecule has 0 aliphatic carbocycles. The zero-order valence-electron chi connectivity index (χ0n) is 13.9. The Morgan fingerprint density at radius 3 is 2.25 bits per heavy atom. The van der Waals surface area contributed by atoms with Crippen molar-refractivity contribution in [3.05, 3.63) is 60.4 Å². The van der Waals surface area contributed by atoms with Gasteiger partial charge >= 0.3 is 0 Å². The Bertz CT molecular complexity index is 697. The summed E-state index contributed by atoms with van der Waals surface area (Å²) in [6.45, 7) is 4.69. The van der Waals surface area contributed by atoms with Crippen molar-refractivity contribution >= 4 is 5.91 Å². The Kier molecular flexibility index (Phi) is 4.97. The van der Waals surface area contributed by atoms with Crippen LogP contribution >= 0.6 is 0 Å². The van der Waals surface area contributed by atoms with Gasteiger partial charge in [0.05, 0.1) is 6.07 Å². The summed E-state index contributed by atoms with van der Waals surface area (Å²) in [7, 11) is 0. The van der Waals surface area contributed by atoms with Crippen LogP contribution in [0.2, 0.25) is 0 Å². The summed E-state index contributed by atoms with van der Waals surface area (Å²) in [5, 5.41) is 9.54. The summed E-state index contributed by atoms with van der Waals surface area (Å²) in [6.07, 6.45) is 3.83. The van der Waals surface area contributed by atoms with Gasteiger partial charge in [-0.2, -0.15) is 5.26 Å². The number of benzene rings is 1. The van der Waals surface area contributed by atoms with E-state index in [0.717, 1.165) is 18.7 Å². The average Bonchev–Trinajstić information content (AvgIpc) is 3.17. The zero-order valence-corrected chi connectivity index (χ0v) is 13.9. The molecule has 24 heavy (non-hydrogen) atoms. The highest BCUT2D eigenvalue weighted by Crippen LogP contribution is 2.22. The van der Waals surface area contributed by atoms with E-state index in [9.17, 15) is 10.1 Å². The van der Waals surface area contributed by atoms with Crippen molar-refractivity contribution in [3.8, 4) is 6.07 Å². The summed E-state index contributed by atoms with van der Waals surface area (Å²) in [4.78, 5) is 16.7. The van der Waals surface area contributed by atoms with Crippen LogP contribution in [0.5, 0.6) is 0 Å².